The van der Waals surface area contributed by atoms with E-state index in [2.05, 4.69) is 0 Å². The number of hydrogen-bond donors (Lipinski definition) is 0. The standard InChI is InChI=1S/C13H8ClNO2S/c14-11-3-7-13(8-4-11)18(16,17)12-5-1-10(9-15)2-6-12/h1-8H. The third-order valence-corrected chi connectivity index (χ3v) is 4.46. The van der Waals surface area contributed by atoms with Crippen molar-refractivity contribution in [3.8, 4) is 6.07 Å². The lowest BCUT2D eigenvalue weighted by Gasteiger charge is -2.04. The fraction of sp³-hybridized carbons (Fsp3) is 0. The van der Waals surface area contributed by atoms with Gasteiger partial charge in [-0.05, 0) is 48.5 Å². The molecule has 5 heteroatoms. The van der Waals surface area contributed by atoms with Gasteiger partial charge in [0.2, 0.25) is 9.84 Å². The molecule has 2 aromatic rings. The molecule has 0 saturated heterocycles. The number of rotatable bonds is 2. The third kappa shape index (κ3) is 2.37. The average Bonchev–Trinajstić information content (AvgIpc) is 2.39. The van der Waals surface area contributed by atoms with E-state index in [1.165, 1.54) is 48.5 Å². The maximum Gasteiger partial charge on any atom is 0.206 e. The molecule has 0 fully saturated rings. The van der Waals surface area contributed by atoms with Crippen LogP contribution in [0.4, 0.5) is 0 Å². The molecule has 0 aliphatic rings. The number of halogens is 1. The minimum atomic E-state index is -3.55. The number of nitrogens with zero attached hydrogens (tertiary/aromatic N) is 1. The van der Waals surface area contributed by atoms with Crippen LogP contribution in [0.1, 0.15) is 5.56 Å². The van der Waals surface area contributed by atoms with Crippen LogP contribution in [0.25, 0.3) is 0 Å². The van der Waals surface area contributed by atoms with Crippen molar-refractivity contribution in [3.63, 3.8) is 0 Å². The lowest BCUT2D eigenvalue weighted by atomic mass is 10.2. The van der Waals surface area contributed by atoms with Crippen molar-refractivity contribution in [3.05, 3.63) is 59.1 Å². The summed E-state index contributed by atoms with van der Waals surface area (Å²) in [5.74, 6) is 0. The molecule has 2 rings (SSSR count). The Bertz CT molecular complexity index is 698. The van der Waals surface area contributed by atoms with Gasteiger partial charge in [-0.1, -0.05) is 11.6 Å². The minimum Gasteiger partial charge on any atom is -0.219 e. The van der Waals surface area contributed by atoms with Crippen molar-refractivity contribution in [1.29, 1.82) is 5.26 Å². The Morgan fingerprint density at radius 1 is 0.889 bits per heavy atom. The first-order valence-corrected chi connectivity index (χ1v) is 6.91. The van der Waals surface area contributed by atoms with Crippen LogP contribution in [-0.4, -0.2) is 8.42 Å². The first-order chi connectivity index (χ1) is 8.54. The number of sulfone groups is 1. The molecular weight excluding hydrogens is 270 g/mol. The molecule has 0 amide bonds. The molecule has 0 spiro atoms. The smallest absolute Gasteiger partial charge is 0.206 e. The second-order valence-electron chi connectivity index (χ2n) is 3.59. The fourth-order valence-corrected chi connectivity index (χ4v) is 2.85. The molecular formula is C13H8ClNO2S. The van der Waals surface area contributed by atoms with Crippen LogP contribution in [0.3, 0.4) is 0 Å². The average molecular weight is 278 g/mol. The van der Waals surface area contributed by atoms with Crippen LogP contribution in [0.2, 0.25) is 5.02 Å². The molecule has 0 aliphatic heterocycles. The van der Waals surface area contributed by atoms with Crippen molar-refractivity contribution < 1.29 is 8.42 Å². The van der Waals surface area contributed by atoms with Crippen molar-refractivity contribution in [2.45, 2.75) is 9.79 Å². The summed E-state index contributed by atoms with van der Waals surface area (Å²) in [5, 5.41) is 9.15. The first-order valence-electron chi connectivity index (χ1n) is 5.05. The molecule has 0 aliphatic carbocycles. The fourth-order valence-electron chi connectivity index (χ4n) is 1.46. The summed E-state index contributed by atoms with van der Waals surface area (Å²) in [7, 11) is -3.55. The highest BCUT2D eigenvalue weighted by Gasteiger charge is 2.17. The Balaban J connectivity index is 2.48. The second-order valence-corrected chi connectivity index (χ2v) is 5.98. The number of nitriles is 1. The van der Waals surface area contributed by atoms with E-state index in [0.717, 1.165) is 0 Å². The molecule has 3 nitrogen and oxygen atoms in total. The van der Waals surface area contributed by atoms with Gasteiger partial charge in [0.15, 0.2) is 0 Å². The Hall–Kier alpha value is -1.83. The van der Waals surface area contributed by atoms with Crippen LogP contribution in [0.5, 0.6) is 0 Å². The maximum absolute atomic E-state index is 12.2. The zero-order valence-electron chi connectivity index (χ0n) is 9.17. The van der Waals surface area contributed by atoms with Gasteiger partial charge in [0.25, 0.3) is 0 Å². The molecule has 0 bridgehead atoms. The van der Waals surface area contributed by atoms with Crippen LogP contribution >= 0.6 is 11.6 Å². The third-order valence-electron chi connectivity index (χ3n) is 2.42. The van der Waals surface area contributed by atoms with Crippen molar-refractivity contribution >= 4 is 21.4 Å². The van der Waals surface area contributed by atoms with Gasteiger partial charge in [-0.3, -0.25) is 0 Å². The largest absolute Gasteiger partial charge is 0.219 e. The van der Waals surface area contributed by atoms with Gasteiger partial charge in [-0.2, -0.15) is 5.26 Å². The van der Waals surface area contributed by atoms with Gasteiger partial charge >= 0.3 is 0 Å². The van der Waals surface area contributed by atoms with E-state index in [4.69, 9.17) is 16.9 Å². The topological polar surface area (TPSA) is 57.9 Å². The van der Waals surface area contributed by atoms with E-state index < -0.39 is 9.84 Å². The highest BCUT2D eigenvalue weighted by Crippen LogP contribution is 2.22. The summed E-state index contributed by atoms with van der Waals surface area (Å²) in [6.07, 6.45) is 0. The summed E-state index contributed by atoms with van der Waals surface area (Å²) in [4.78, 5) is 0.334. The minimum absolute atomic E-state index is 0.156. The van der Waals surface area contributed by atoms with Crippen LogP contribution < -0.4 is 0 Å². The molecule has 18 heavy (non-hydrogen) atoms. The predicted molar refractivity (Wildman–Crippen MR) is 68.1 cm³/mol. The molecule has 90 valence electrons. The predicted octanol–water partition coefficient (Wildman–Crippen LogP) is 3.04. The second kappa shape index (κ2) is 4.81. The summed E-state index contributed by atoms with van der Waals surface area (Å²) in [5.41, 5.74) is 0.421. The van der Waals surface area contributed by atoms with Gasteiger partial charge in [0.05, 0.1) is 21.4 Å². The van der Waals surface area contributed by atoms with Crippen LogP contribution in [0.15, 0.2) is 58.3 Å². The molecule has 0 atom stereocenters. The van der Waals surface area contributed by atoms with Crippen molar-refractivity contribution in [1.82, 2.24) is 0 Å². The lowest BCUT2D eigenvalue weighted by molar-refractivity contribution is 0.596. The van der Waals surface area contributed by atoms with Crippen LogP contribution in [0, 0.1) is 11.3 Å². The van der Waals surface area contributed by atoms with E-state index in [0.29, 0.717) is 10.6 Å². The summed E-state index contributed by atoms with van der Waals surface area (Å²) < 4.78 is 24.4. The van der Waals surface area contributed by atoms with E-state index in [1.807, 2.05) is 6.07 Å². The van der Waals surface area contributed by atoms with Crippen molar-refractivity contribution in [2.75, 3.05) is 0 Å². The maximum atomic E-state index is 12.2. The van der Waals surface area contributed by atoms with Gasteiger partial charge in [-0.25, -0.2) is 8.42 Å². The number of benzene rings is 2. The van der Waals surface area contributed by atoms with Gasteiger partial charge in [0, 0.05) is 5.02 Å². The molecule has 0 N–H and O–H groups in total. The zero-order valence-corrected chi connectivity index (χ0v) is 10.7. The molecule has 2 aromatic carbocycles. The summed E-state index contributed by atoms with van der Waals surface area (Å²) in [6.45, 7) is 0. The van der Waals surface area contributed by atoms with Crippen LogP contribution in [-0.2, 0) is 9.84 Å². The van der Waals surface area contributed by atoms with Crippen molar-refractivity contribution in [2.24, 2.45) is 0 Å². The van der Waals surface area contributed by atoms with Gasteiger partial charge in [0.1, 0.15) is 0 Å². The molecule has 0 heterocycles. The Morgan fingerprint density at radius 2 is 1.33 bits per heavy atom. The molecule has 0 unspecified atom stereocenters. The first kappa shape index (κ1) is 12.6. The summed E-state index contributed by atoms with van der Waals surface area (Å²) in [6, 6.07) is 13.7. The molecule has 0 aromatic heterocycles. The van der Waals surface area contributed by atoms with Gasteiger partial charge < -0.3 is 0 Å². The normalized spacial score (nSPS) is 10.9. The SMILES string of the molecule is N#Cc1ccc(S(=O)(=O)c2ccc(Cl)cc2)cc1. The summed E-state index contributed by atoms with van der Waals surface area (Å²) >= 11 is 5.72. The van der Waals surface area contributed by atoms with E-state index >= 15 is 0 Å². The van der Waals surface area contributed by atoms with E-state index in [1.54, 1.807) is 0 Å². The highest BCUT2D eigenvalue weighted by molar-refractivity contribution is 7.91. The highest BCUT2D eigenvalue weighted by atomic mass is 35.5. The van der Waals surface area contributed by atoms with Gasteiger partial charge in [-0.15, -0.1) is 0 Å². The molecule has 0 radical (unpaired) electrons. The zero-order chi connectivity index (χ0) is 13.2. The molecule has 0 saturated carbocycles. The Kier molecular flexibility index (Phi) is 3.37. The quantitative estimate of drug-likeness (QED) is 0.848. The van der Waals surface area contributed by atoms with E-state index in [9.17, 15) is 8.42 Å². The Morgan fingerprint density at radius 3 is 1.78 bits per heavy atom. The lowest BCUT2D eigenvalue weighted by Crippen LogP contribution is -2.01. The number of hydrogen-bond acceptors (Lipinski definition) is 3. The Labute approximate surface area is 110 Å². The van der Waals surface area contributed by atoms with E-state index in [-0.39, 0.29) is 9.79 Å². The monoisotopic (exact) mass is 277 g/mol.